The van der Waals surface area contributed by atoms with Gasteiger partial charge in [0.1, 0.15) is 11.0 Å². The first-order chi connectivity index (χ1) is 10.2. The van der Waals surface area contributed by atoms with Gasteiger partial charge in [0.2, 0.25) is 5.91 Å². The number of halogens is 1. The molecule has 122 valence electrons. The zero-order valence-electron chi connectivity index (χ0n) is 13.2. The van der Waals surface area contributed by atoms with E-state index in [1.165, 1.54) is 0 Å². The van der Waals surface area contributed by atoms with Crippen molar-refractivity contribution in [3.05, 3.63) is 11.3 Å². The zero-order chi connectivity index (χ0) is 16.5. The Morgan fingerprint density at radius 3 is 2.73 bits per heavy atom. The van der Waals surface area contributed by atoms with E-state index in [4.69, 9.17) is 16.3 Å². The van der Waals surface area contributed by atoms with Crippen LogP contribution in [0, 0.1) is 0 Å². The van der Waals surface area contributed by atoms with Crippen LogP contribution in [0.1, 0.15) is 39.0 Å². The Hall–Kier alpha value is -1.76. The molecule has 1 aliphatic rings. The summed E-state index contributed by atoms with van der Waals surface area (Å²) >= 11 is 5.74. The summed E-state index contributed by atoms with van der Waals surface area (Å²) < 4.78 is 5.36. The third kappa shape index (κ3) is 3.91. The number of hydrogen-bond donors (Lipinski definition) is 2. The number of nitrogens with zero attached hydrogens (tertiary/aromatic N) is 2. The van der Waals surface area contributed by atoms with Crippen LogP contribution in [0.3, 0.4) is 0 Å². The average Bonchev–Trinajstić information content (AvgIpc) is 2.79. The quantitative estimate of drug-likeness (QED) is 0.815. The van der Waals surface area contributed by atoms with E-state index in [0.717, 1.165) is 11.3 Å². The molecule has 1 atom stereocenters. The predicted molar refractivity (Wildman–Crippen MR) is 82.9 cm³/mol. The lowest BCUT2D eigenvalue weighted by molar-refractivity contribution is -0.115. The number of ether oxygens (including phenoxy) is 1. The van der Waals surface area contributed by atoms with Crippen molar-refractivity contribution >= 4 is 29.4 Å². The van der Waals surface area contributed by atoms with E-state index in [-0.39, 0.29) is 12.0 Å². The SMILES string of the molecule is CC(Cl)C(=O)Nc1n[nH]c2c1CCN(C(=O)OC(C)(C)C)C2. The van der Waals surface area contributed by atoms with Crippen LogP contribution in [0.4, 0.5) is 10.6 Å². The van der Waals surface area contributed by atoms with Crippen molar-refractivity contribution < 1.29 is 14.3 Å². The summed E-state index contributed by atoms with van der Waals surface area (Å²) in [5, 5.41) is 9.01. The number of alkyl halides is 1. The highest BCUT2D eigenvalue weighted by Gasteiger charge is 2.29. The third-order valence-corrected chi connectivity index (χ3v) is 3.39. The van der Waals surface area contributed by atoms with E-state index in [1.807, 2.05) is 20.8 Å². The normalized spacial score (nSPS) is 16.0. The lowest BCUT2D eigenvalue weighted by Crippen LogP contribution is -2.40. The summed E-state index contributed by atoms with van der Waals surface area (Å²) in [6, 6.07) is 0. The molecule has 1 aromatic rings. The van der Waals surface area contributed by atoms with Gasteiger partial charge in [-0.3, -0.25) is 9.89 Å². The fourth-order valence-electron chi connectivity index (χ4n) is 2.12. The highest BCUT2D eigenvalue weighted by atomic mass is 35.5. The van der Waals surface area contributed by atoms with Gasteiger partial charge >= 0.3 is 6.09 Å². The van der Waals surface area contributed by atoms with E-state index < -0.39 is 11.0 Å². The summed E-state index contributed by atoms with van der Waals surface area (Å²) in [4.78, 5) is 25.3. The molecule has 2 rings (SSSR count). The minimum atomic E-state index is -0.630. The molecule has 1 aromatic heterocycles. The maximum absolute atomic E-state index is 12.1. The van der Waals surface area contributed by atoms with Crippen LogP contribution in [0.15, 0.2) is 0 Å². The summed E-state index contributed by atoms with van der Waals surface area (Å²) in [6.07, 6.45) is 0.241. The van der Waals surface area contributed by atoms with Crippen LogP contribution in [0.25, 0.3) is 0 Å². The van der Waals surface area contributed by atoms with Crippen molar-refractivity contribution in [1.82, 2.24) is 15.1 Å². The molecule has 0 spiro atoms. The molecule has 1 unspecified atom stereocenters. The van der Waals surface area contributed by atoms with Gasteiger partial charge in [0.15, 0.2) is 5.82 Å². The molecule has 8 heteroatoms. The second-order valence-electron chi connectivity index (χ2n) is 6.29. The molecule has 0 fully saturated rings. The monoisotopic (exact) mass is 328 g/mol. The van der Waals surface area contributed by atoms with Gasteiger partial charge in [0.25, 0.3) is 0 Å². The third-order valence-electron chi connectivity index (χ3n) is 3.19. The average molecular weight is 329 g/mol. The molecule has 1 aliphatic heterocycles. The molecule has 0 radical (unpaired) electrons. The topological polar surface area (TPSA) is 87.3 Å². The number of nitrogens with one attached hydrogen (secondary N) is 2. The van der Waals surface area contributed by atoms with Crippen LogP contribution in [0.5, 0.6) is 0 Å². The highest BCUT2D eigenvalue weighted by molar-refractivity contribution is 6.32. The number of carbonyl (C=O) groups excluding carboxylic acids is 2. The van der Waals surface area contributed by atoms with Gasteiger partial charge in [-0.15, -0.1) is 11.6 Å². The van der Waals surface area contributed by atoms with Gasteiger partial charge in [-0.1, -0.05) is 0 Å². The molecule has 0 bridgehead atoms. The van der Waals surface area contributed by atoms with Gasteiger partial charge in [-0.25, -0.2) is 4.79 Å². The van der Waals surface area contributed by atoms with Crippen molar-refractivity contribution in [2.45, 2.75) is 51.6 Å². The zero-order valence-corrected chi connectivity index (χ0v) is 14.0. The second-order valence-corrected chi connectivity index (χ2v) is 6.94. The number of amides is 2. The largest absolute Gasteiger partial charge is 0.444 e. The first kappa shape index (κ1) is 16.6. The summed E-state index contributed by atoms with van der Waals surface area (Å²) in [5.41, 5.74) is 1.18. The standard InChI is InChI=1S/C14H21ClN4O3/c1-8(15)12(20)16-11-9-5-6-19(7-10(9)17-18-11)13(21)22-14(2,3)4/h8H,5-7H2,1-4H3,(H2,16,17,18,20). The Bertz CT molecular complexity index is 577. The van der Waals surface area contributed by atoms with Crippen LogP contribution in [-0.4, -0.2) is 44.6 Å². The maximum Gasteiger partial charge on any atom is 0.410 e. The van der Waals surface area contributed by atoms with Crippen molar-refractivity contribution in [2.24, 2.45) is 0 Å². The van der Waals surface area contributed by atoms with E-state index in [9.17, 15) is 9.59 Å². The van der Waals surface area contributed by atoms with Gasteiger partial charge in [-0.05, 0) is 34.1 Å². The van der Waals surface area contributed by atoms with Crippen LogP contribution < -0.4 is 5.32 Å². The molecule has 0 aliphatic carbocycles. The van der Waals surface area contributed by atoms with Gasteiger partial charge in [0, 0.05) is 12.1 Å². The Morgan fingerprint density at radius 1 is 1.45 bits per heavy atom. The number of aromatic nitrogens is 2. The smallest absolute Gasteiger partial charge is 0.410 e. The fraction of sp³-hybridized carbons (Fsp3) is 0.643. The molecule has 2 heterocycles. The van der Waals surface area contributed by atoms with E-state index >= 15 is 0 Å². The summed E-state index contributed by atoms with van der Waals surface area (Å²) in [5.74, 6) is 0.182. The number of fused-ring (bicyclic) bond motifs is 1. The lowest BCUT2D eigenvalue weighted by Gasteiger charge is -2.29. The Kier molecular flexibility index (Phi) is 4.65. The number of hydrogen-bond acceptors (Lipinski definition) is 4. The minimum Gasteiger partial charge on any atom is -0.444 e. The number of rotatable bonds is 2. The number of H-pyrrole nitrogens is 1. The fourth-order valence-corrected chi connectivity index (χ4v) is 2.17. The molecular formula is C14H21ClN4O3. The molecule has 0 aromatic carbocycles. The molecule has 0 saturated carbocycles. The lowest BCUT2D eigenvalue weighted by atomic mass is 10.1. The van der Waals surface area contributed by atoms with Crippen LogP contribution in [0.2, 0.25) is 0 Å². The Balaban J connectivity index is 2.05. The Labute approximate surface area is 134 Å². The molecule has 22 heavy (non-hydrogen) atoms. The minimum absolute atomic E-state index is 0.300. The summed E-state index contributed by atoms with van der Waals surface area (Å²) in [6.45, 7) is 7.98. The first-order valence-corrected chi connectivity index (χ1v) is 7.60. The van der Waals surface area contributed by atoms with E-state index in [0.29, 0.717) is 25.3 Å². The van der Waals surface area contributed by atoms with Gasteiger partial charge < -0.3 is 15.0 Å². The predicted octanol–water partition coefficient (Wildman–Crippen LogP) is 2.27. The number of aromatic amines is 1. The molecule has 7 nitrogen and oxygen atoms in total. The van der Waals surface area contributed by atoms with Crippen molar-refractivity contribution in [2.75, 3.05) is 11.9 Å². The summed E-state index contributed by atoms with van der Waals surface area (Å²) in [7, 11) is 0. The van der Waals surface area contributed by atoms with E-state index in [1.54, 1.807) is 11.8 Å². The molecule has 2 N–H and O–H groups in total. The number of carbonyl (C=O) groups is 2. The molecule has 2 amide bonds. The van der Waals surface area contributed by atoms with Crippen molar-refractivity contribution in [1.29, 1.82) is 0 Å². The second kappa shape index (κ2) is 6.16. The van der Waals surface area contributed by atoms with Crippen molar-refractivity contribution in [3.63, 3.8) is 0 Å². The van der Waals surface area contributed by atoms with Crippen molar-refractivity contribution in [3.8, 4) is 0 Å². The van der Waals surface area contributed by atoms with Crippen LogP contribution in [-0.2, 0) is 22.5 Å². The number of anilines is 1. The van der Waals surface area contributed by atoms with Gasteiger partial charge in [0.05, 0.1) is 12.2 Å². The van der Waals surface area contributed by atoms with Gasteiger partial charge in [-0.2, -0.15) is 5.10 Å². The van der Waals surface area contributed by atoms with E-state index in [2.05, 4.69) is 15.5 Å². The highest BCUT2D eigenvalue weighted by Crippen LogP contribution is 2.25. The Morgan fingerprint density at radius 2 is 2.14 bits per heavy atom. The molecular weight excluding hydrogens is 308 g/mol. The first-order valence-electron chi connectivity index (χ1n) is 7.16. The maximum atomic E-state index is 12.1. The van der Waals surface area contributed by atoms with Crippen LogP contribution >= 0.6 is 11.6 Å². The molecule has 0 saturated heterocycles.